The molecule has 0 fully saturated rings. The van der Waals surface area contributed by atoms with Gasteiger partial charge in [0.1, 0.15) is 5.75 Å². The van der Waals surface area contributed by atoms with E-state index in [0.29, 0.717) is 17.9 Å². The smallest absolute Gasteiger partial charge is 0.271 e. The number of nitro groups is 1. The SMILES string of the molecule is CC[C@@H](Oc1cccc(C)c1C)C(=O)Nc1cc([N+](=O)[O-])ccc1C. The Balaban J connectivity index is 2.19. The Kier molecular flexibility index (Phi) is 5.75. The summed E-state index contributed by atoms with van der Waals surface area (Å²) in [7, 11) is 0. The summed E-state index contributed by atoms with van der Waals surface area (Å²) in [5.41, 5.74) is 3.18. The third kappa shape index (κ3) is 4.35. The number of hydrogen-bond donors (Lipinski definition) is 1. The Hall–Kier alpha value is -2.89. The fourth-order valence-electron chi connectivity index (χ4n) is 2.40. The van der Waals surface area contributed by atoms with Gasteiger partial charge in [-0.1, -0.05) is 25.1 Å². The van der Waals surface area contributed by atoms with Crippen molar-refractivity contribution in [3.63, 3.8) is 0 Å². The number of ether oxygens (including phenoxy) is 1. The van der Waals surface area contributed by atoms with Gasteiger partial charge in [0, 0.05) is 12.1 Å². The van der Waals surface area contributed by atoms with Crippen molar-refractivity contribution in [2.45, 2.75) is 40.2 Å². The van der Waals surface area contributed by atoms with E-state index in [0.717, 1.165) is 16.7 Å². The molecular formula is C19H22N2O4. The van der Waals surface area contributed by atoms with E-state index in [2.05, 4.69) is 5.32 Å². The van der Waals surface area contributed by atoms with E-state index in [1.807, 2.05) is 39.0 Å². The van der Waals surface area contributed by atoms with Crippen molar-refractivity contribution in [1.29, 1.82) is 0 Å². The van der Waals surface area contributed by atoms with Crippen LogP contribution in [0.2, 0.25) is 0 Å². The number of non-ortho nitro benzene ring substituents is 1. The molecule has 2 aromatic rings. The first-order chi connectivity index (χ1) is 11.8. The quantitative estimate of drug-likeness (QED) is 0.626. The van der Waals surface area contributed by atoms with E-state index in [-0.39, 0.29) is 11.6 Å². The van der Waals surface area contributed by atoms with E-state index in [1.54, 1.807) is 13.0 Å². The lowest BCUT2D eigenvalue weighted by atomic mass is 10.1. The number of rotatable bonds is 6. The highest BCUT2D eigenvalue weighted by Gasteiger charge is 2.21. The second-order valence-electron chi connectivity index (χ2n) is 5.96. The molecule has 0 radical (unpaired) electrons. The van der Waals surface area contributed by atoms with E-state index >= 15 is 0 Å². The summed E-state index contributed by atoms with van der Waals surface area (Å²) in [5, 5.41) is 13.7. The van der Waals surface area contributed by atoms with Crippen LogP contribution in [0.1, 0.15) is 30.0 Å². The number of benzene rings is 2. The molecule has 0 saturated heterocycles. The van der Waals surface area contributed by atoms with Gasteiger partial charge in [-0.3, -0.25) is 14.9 Å². The molecule has 25 heavy (non-hydrogen) atoms. The number of anilines is 1. The molecule has 0 aliphatic heterocycles. The predicted octanol–water partition coefficient (Wildman–Crippen LogP) is 4.32. The number of carbonyl (C=O) groups excluding carboxylic acids is 1. The highest BCUT2D eigenvalue weighted by molar-refractivity contribution is 5.95. The first kappa shape index (κ1) is 18.4. The maximum Gasteiger partial charge on any atom is 0.271 e. The van der Waals surface area contributed by atoms with Crippen LogP contribution in [0, 0.1) is 30.9 Å². The summed E-state index contributed by atoms with van der Waals surface area (Å²) in [6.45, 7) is 7.57. The minimum absolute atomic E-state index is 0.0654. The molecule has 132 valence electrons. The van der Waals surface area contributed by atoms with Crippen molar-refractivity contribution in [3.8, 4) is 5.75 Å². The minimum atomic E-state index is -0.681. The molecule has 0 aromatic heterocycles. The maximum absolute atomic E-state index is 12.6. The Bertz CT molecular complexity index is 802. The number of nitrogens with one attached hydrogen (secondary N) is 1. The van der Waals surface area contributed by atoms with Crippen LogP contribution in [0.4, 0.5) is 11.4 Å². The van der Waals surface area contributed by atoms with Gasteiger partial charge in [0.15, 0.2) is 6.10 Å². The molecule has 0 saturated carbocycles. The van der Waals surface area contributed by atoms with Gasteiger partial charge in [-0.15, -0.1) is 0 Å². The van der Waals surface area contributed by atoms with Crippen LogP contribution < -0.4 is 10.1 Å². The molecule has 6 nitrogen and oxygen atoms in total. The van der Waals surface area contributed by atoms with Crippen LogP contribution in [0.15, 0.2) is 36.4 Å². The van der Waals surface area contributed by atoms with Gasteiger partial charge in [0.2, 0.25) is 0 Å². The fraction of sp³-hybridized carbons (Fsp3) is 0.316. The fourth-order valence-corrected chi connectivity index (χ4v) is 2.40. The zero-order valence-electron chi connectivity index (χ0n) is 14.8. The van der Waals surface area contributed by atoms with Crippen molar-refractivity contribution in [3.05, 3.63) is 63.2 Å². The second-order valence-corrected chi connectivity index (χ2v) is 5.96. The number of nitrogens with zero attached hydrogens (tertiary/aromatic N) is 1. The molecule has 1 N–H and O–H groups in total. The minimum Gasteiger partial charge on any atom is -0.480 e. The summed E-state index contributed by atoms with van der Waals surface area (Å²) >= 11 is 0. The van der Waals surface area contributed by atoms with Crippen LogP contribution in [0.3, 0.4) is 0 Å². The van der Waals surface area contributed by atoms with Crippen molar-refractivity contribution in [2.24, 2.45) is 0 Å². The largest absolute Gasteiger partial charge is 0.480 e. The number of amides is 1. The molecule has 0 heterocycles. The number of aryl methyl sites for hydroxylation is 2. The number of nitro benzene ring substituents is 1. The summed E-state index contributed by atoms with van der Waals surface area (Å²) in [6, 6.07) is 10.1. The molecule has 2 rings (SSSR count). The Morgan fingerprint density at radius 2 is 1.92 bits per heavy atom. The normalized spacial score (nSPS) is 11.7. The lowest BCUT2D eigenvalue weighted by Gasteiger charge is -2.19. The summed E-state index contributed by atoms with van der Waals surface area (Å²) in [5.74, 6) is 0.338. The third-order valence-corrected chi connectivity index (χ3v) is 4.18. The van der Waals surface area contributed by atoms with Crippen LogP contribution in [0.5, 0.6) is 5.75 Å². The predicted molar refractivity (Wildman–Crippen MR) is 97.1 cm³/mol. The molecule has 0 aliphatic carbocycles. The van der Waals surface area contributed by atoms with Crippen LogP contribution in [-0.4, -0.2) is 16.9 Å². The molecule has 0 aliphatic rings. The van der Waals surface area contributed by atoms with Gasteiger partial charge in [0.25, 0.3) is 11.6 Å². The lowest BCUT2D eigenvalue weighted by molar-refractivity contribution is -0.384. The lowest BCUT2D eigenvalue weighted by Crippen LogP contribution is -2.32. The average Bonchev–Trinajstić information content (AvgIpc) is 2.57. The summed E-state index contributed by atoms with van der Waals surface area (Å²) < 4.78 is 5.88. The standard InChI is InChI=1S/C19H22N2O4/c1-5-17(25-18-8-6-7-12(2)14(18)4)19(22)20-16-11-15(21(23)24)10-9-13(16)3/h6-11,17H,5H2,1-4H3,(H,20,22)/t17-/m1/s1. The van der Waals surface area contributed by atoms with E-state index in [4.69, 9.17) is 4.74 Å². The van der Waals surface area contributed by atoms with E-state index in [1.165, 1.54) is 12.1 Å². The highest BCUT2D eigenvalue weighted by Crippen LogP contribution is 2.25. The van der Waals surface area contributed by atoms with Crippen LogP contribution >= 0.6 is 0 Å². The second kappa shape index (κ2) is 7.79. The van der Waals surface area contributed by atoms with Crippen molar-refractivity contribution >= 4 is 17.3 Å². The van der Waals surface area contributed by atoms with Crippen molar-refractivity contribution < 1.29 is 14.5 Å². The first-order valence-electron chi connectivity index (χ1n) is 8.12. The topological polar surface area (TPSA) is 81.5 Å². The molecule has 0 bridgehead atoms. The van der Waals surface area contributed by atoms with Gasteiger partial charge < -0.3 is 10.1 Å². The highest BCUT2D eigenvalue weighted by atomic mass is 16.6. The molecule has 6 heteroatoms. The molecule has 0 spiro atoms. The number of hydrogen-bond acceptors (Lipinski definition) is 4. The van der Waals surface area contributed by atoms with Crippen LogP contribution in [0.25, 0.3) is 0 Å². The maximum atomic E-state index is 12.6. The monoisotopic (exact) mass is 342 g/mol. The molecule has 2 aromatic carbocycles. The number of carbonyl (C=O) groups is 1. The van der Waals surface area contributed by atoms with Gasteiger partial charge in [-0.2, -0.15) is 0 Å². The third-order valence-electron chi connectivity index (χ3n) is 4.18. The zero-order valence-corrected chi connectivity index (χ0v) is 14.8. The van der Waals surface area contributed by atoms with Gasteiger partial charge in [-0.25, -0.2) is 0 Å². The Labute approximate surface area is 147 Å². The zero-order chi connectivity index (χ0) is 18.6. The van der Waals surface area contributed by atoms with Crippen molar-refractivity contribution in [2.75, 3.05) is 5.32 Å². The first-order valence-corrected chi connectivity index (χ1v) is 8.12. The summed E-state index contributed by atoms with van der Waals surface area (Å²) in [6.07, 6.45) is -0.202. The molecule has 1 atom stereocenters. The van der Waals surface area contributed by atoms with Crippen molar-refractivity contribution in [1.82, 2.24) is 0 Å². The molecule has 1 amide bonds. The average molecular weight is 342 g/mol. The van der Waals surface area contributed by atoms with E-state index < -0.39 is 11.0 Å². The molecule has 0 unspecified atom stereocenters. The Morgan fingerprint density at radius 1 is 1.20 bits per heavy atom. The van der Waals surface area contributed by atoms with Gasteiger partial charge >= 0.3 is 0 Å². The van der Waals surface area contributed by atoms with E-state index in [9.17, 15) is 14.9 Å². The molecular weight excluding hydrogens is 320 g/mol. The van der Waals surface area contributed by atoms with Crippen LogP contribution in [-0.2, 0) is 4.79 Å². The summed E-state index contributed by atoms with van der Waals surface area (Å²) in [4.78, 5) is 23.0. The Morgan fingerprint density at radius 3 is 2.56 bits per heavy atom. The van der Waals surface area contributed by atoms with Gasteiger partial charge in [-0.05, 0) is 49.9 Å². The van der Waals surface area contributed by atoms with Gasteiger partial charge in [0.05, 0.1) is 10.6 Å².